The predicted molar refractivity (Wildman–Crippen MR) is 78.5 cm³/mol. The molecule has 0 saturated heterocycles. The highest BCUT2D eigenvalue weighted by molar-refractivity contribution is 9.10. The molecule has 4 N–H and O–H groups in total. The van der Waals surface area contributed by atoms with Crippen LogP contribution in [0.5, 0.6) is 0 Å². The standard InChI is InChI=1S/C11H17BrN4O3S/c1-19-9-3-2-8(5-9)16-20(17,18)10-4-7(12)6-14-11(10)15-13/h4,6,8-9,16H,2-3,5,13H2,1H3,(H,14,15). The van der Waals surface area contributed by atoms with Gasteiger partial charge in [0.1, 0.15) is 4.90 Å². The van der Waals surface area contributed by atoms with Crippen LogP contribution in [0.1, 0.15) is 19.3 Å². The number of halogens is 1. The average molecular weight is 365 g/mol. The van der Waals surface area contributed by atoms with Gasteiger partial charge in [0.25, 0.3) is 0 Å². The van der Waals surface area contributed by atoms with Crippen LogP contribution in [0.15, 0.2) is 21.6 Å². The van der Waals surface area contributed by atoms with Crippen molar-refractivity contribution in [3.63, 3.8) is 0 Å². The van der Waals surface area contributed by atoms with Crippen molar-refractivity contribution in [3.8, 4) is 0 Å². The second-order valence-corrected chi connectivity index (χ2v) is 7.23. The number of anilines is 1. The second-order valence-electron chi connectivity index (χ2n) is 4.63. The first-order valence-electron chi connectivity index (χ1n) is 6.13. The molecule has 112 valence electrons. The maximum atomic E-state index is 12.4. The summed E-state index contributed by atoms with van der Waals surface area (Å²) in [4.78, 5) is 3.97. The third-order valence-electron chi connectivity index (χ3n) is 3.29. The third-order valence-corrected chi connectivity index (χ3v) is 5.25. The van der Waals surface area contributed by atoms with E-state index in [1.807, 2.05) is 0 Å². The van der Waals surface area contributed by atoms with Crippen LogP contribution in [0.4, 0.5) is 5.82 Å². The summed E-state index contributed by atoms with van der Waals surface area (Å²) < 4.78 is 33.3. The maximum Gasteiger partial charge on any atom is 0.244 e. The van der Waals surface area contributed by atoms with Crippen molar-refractivity contribution < 1.29 is 13.2 Å². The van der Waals surface area contributed by atoms with Crippen LogP contribution in [0.25, 0.3) is 0 Å². The highest BCUT2D eigenvalue weighted by atomic mass is 79.9. The quantitative estimate of drug-likeness (QED) is 0.531. The molecular weight excluding hydrogens is 348 g/mol. The molecule has 1 aliphatic rings. The zero-order chi connectivity index (χ0) is 14.8. The number of nitrogen functional groups attached to an aromatic ring is 1. The number of nitrogens with two attached hydrogens (primary N) is 1. The minimum absolute atomic E-state index is 0.0234. The third kappa shape index (κ3) is 3.47. The molecule has 9 heteroatoms. The molecule has 1 saturated carbocycles. The molecule has 1 aromatic rings. The fourth-order valence-electron chi connectivity index (χ4n) is 2.28. The van der Waals surface area contributed by atoms with Gasteiger partial charge in [-0.3, -0.25) is 0 Å². The highest BCUT2D eigenvalue weighted by Crippen LogP contribution is 2.26. The molecule has 1 aromatic heterocycles. The van der Waals surface area contributed by atoms with E-state index < -0.39 is 10.0 Å². The first kappa shape index (κ1) is 15.6. The molecule has 0 amide bonds. The molecule has 0 spiro atoms. The summed E-state index contributed by atoms with van der Waals surface area (Å²) >= 11 is 3.21. The molecular formula is C11H17BrN4O3S. The van der Waals surface area contributed by atoms with Gasteiger partial charge in [0.2, 0.25) is 10.0 Å². The number of sulfonamides is 1. The topological polar surface area (TPSA) is 106 Å². The maximum absolute atomic E-state index is 12.4. The molecule has 0 bridgehead atoms. The lowest BCUT2D eigenvalue weighted by molar-refractivity contribution is 0.107. The lowest BCUT2D eigenvalue weighted by atomic mass is 10.3. The minimum atomic E-state index is -3.68. The monoisotopic (exact) mass is 364 g/mol. The number of pyridine rings is 1. The van der Waals surface area contributed by atoms with Gasteiger partial charge in [0, 0.05) is 23.8 Å². The van der Waals surface area contributed by atoms with Crippen molar-refractivity contribution in [1.82, 2.24) is 9.71 Å². The van der Waals surface area contributed by atoms with Crippen LogP contribution in [0, 0.1) is 0 Å². The van der Waals surface area contributed by atoms with Crippen LogP contribution in [0.2, 0.25) is 0 Å². The summed E-state index contributed by atoms with van der Waals surface area (Å²) in [7, 11) is -2.05. The van der Waals surface area contributed by atoms with E-state index in [2.05, 4.69) is 31.1 Å². The molecule has 1 aliphatic carbocycles. The molecule has 7 nitrogen and oxygen atoms in total. The molecule has 0 aliphatic heterocycles. The number of nitrogens with one attached hydrogen (secondary N) is 2. The minimum Gasteiger partial charge on any atom is -0.381 e. The summed E-state index contributed by atoms with van der Waals surface area (Å²) in [5.41, 5.74) is 2.30. The number of hydrogen-bond acceptors (Lipinski definition) is 6. The van der Waals surface area contributed by atoms with Gasteiger partial charge in [-0.05, 0) is 41.3 Å². The Kier molecular flexibility index (Phi) is 4.97. The van der Waals surface area contributed by atoms with Gasteiger partial charge in [-0.15, -0.1) is 0 Å². The summed E-state index contributed by atoms with van der Waals surface area (Å²) in [5.74, 6) is 5.42. The van der Waals surface area contributed by atoms with Crippen molar-refractivity contribution in [1.29, 1.82) is 0 Å². The van der Waals surface area contributed by atoms with Gasteiger partial charge < -0.3 is 10.2 Å². The zero-order valence-electron chi connectivity index (χ0n) is 11.0. The van der Waals surface area contributed by atoms with E-state index >= 15 is 0 Å². The largest absolute Gasteiger partial charge is 0.381 e. The average Bonchev–Trinajstić information content (AvgIpc) is 2.85. The van der Waals surface area contributed by atoms with Gasteiger partial charge in [-0.1, -0.05) is 0 Å². The molecule has 0 aromatic carbocycles. The van der Waals surface area contributed by atoms with E-state index in [0.717, 1.165) is 12.8 Å². The molecule has 1 fully saturated rings. The van der Waals surface area contributed by atoms with E-state index in [1.165, 1.54) is 12.3 Å². The first-order valence-corrected chi connectivity index (χ1v) is 8.41. The highest BCUT2D eigenvalue weighted by Gasteiger charge is 2.30. The lowest BCUT2D eigenvalue weighted by Crippen LogP contribution is -2.34. The molecule has 2 atom stereocenters. The van der Waals surface area contributed by atoms with Crippen LogP contribution in [0.3, 0.4) is 0 Å². The van der Waals surface area contributed by atoms with Gasteiger partial charge in [-0.2, -0.15) is 0 Å². The number of ether oxygens (including phenoxy) is 1. The molecule has 2 rings (SSSR count). The van der Waals surface area contributed by atoms with E-state index in [1.54, 1.807) is 7.11 Å². The Labute approximate surface area is 126 Å². The van der Waals surface area contributed by atoms with Crippen LogP contribution >= 0.6 is 15.9 Å². The molecule has 20 heavy (non-hydrogen) atoms. The number of rotatable bonds is 5. The Morgan fingerprint density at radius 1 is 1.50 bits per heavy atom. The normalized spacial score (nSPS) is 22.9. The van der Waals surface area contributed by atoms with Crippen molar-refractivity contribution in [2.24, 2.45) is 5.84 Å². The Bertz CT molecular complexity index is 581. The van der Waals surface area contributed by atoms with Crippen molar-refractivity contribution in [2.75, 3.05) is 12.5 Å². The summed E-state index contributed by atoms with van der Waals surface area (Å²) in [6.07, 6.45) is 3.86. The van der Waals surface area contributed by atoms with E-state index in [9.17, 15) is 8.42 Å². The Hall–Kier alpha value is -0.740. The van der Waals surface area contributed by atoms with Crippen LogP contribution < -0.4 is 16.0 Å². The number of hydrazine groups is 1. The first-order chi connectivity index (χ1) is 9.46. The molecule has 1 heterocycles. The Morgan fingerprint density at radius 3 is 2.85 bits per heavy atom. The number of methoxy groups -OCH3 is 1. The van der Waals surface area contributed by atoms with Crippen molar-refractivity contribution in [3.05, 3.63) is 16.7 Å². The number of hydrogen-bond donors (Lipinski definition) is 3. The van der Waals surface area contributed by atoms with Gasteiger partial charge in [0.15, 0.2) is 5.82 Å². The lowest BCUT2D eigenvalue weighted by Gasteiger charge is -2.15. The summed E-state index contributed by atoms with van der Waals surface area (Å²) in [6, 6.07) is 1.34. The number of aromatic nitrogens is 1. The summed E-state index contributed by atoms with van der Waals surface area (Å²) in [5, 5.41) is 0. The van der Waals surface area contributed by atoms with Crippen molar-refractivity contribution >= 4 is 31.8 Å². The van der Waals surface area contributed by atoms with Gasteiger partial charge in [0.05, 0.1) is 6.10 Å². The predicted octanol–water partition coefficient (Wildman–Crippen LogP) is 0.975. The Morgan fingerprint density at radius 2 is 2.25 bits per heavy atom. The van der Waals surface area contributed by atoms with E-state index in [4.69, 9.17) is 10.6 Å². The fourth-order valence-corrected chi connectivity index (χ4v) is 4.19. The second kappa shape index (κ2) is 6.35. The van der Waals surface area contributed by atoms with Crippen LogP contribution in [-0.2, 0) is 14.8 Å². The smallest absolute Gasteiger partial charge is 0.244 e. The Balaban J connectivity index is 2.20. The van der Waals surface area contributed by atoms with E-state index in [0.29, 0.717) is 10.9 Å². The zero-order valence-corrected chi connectivity index (χ0v) is 13.4. The summed E-state index contributed by atoms with van der Waals surface area (Å²) in [6.45, 7) is 0. The number of nitrogens with zero attached hydrogens (tertiary/aromatic N) is 1. The SMILES string of the molecule is COC1CCC(NS(=O)(=O)c2cc(Br)cnc2NN)C1. The van der Waals surface area contributed by atoms with Gasteiger partial charge in [-0.25, -0.2) is 24.0 Å². The van der Waals surface area contributed by atoms with Gasteiger partial charge >= 0.3 is 0 Å². The van der Waals surface area contributed by atoms with Crippen LogP contribution in [-0.4, -0.2) is 32.7 Å². The van der Waals surface area contributed by atoms with Crippen molar-refractivity contribution in [2.45, 2.75) is 36.3 Å². The molecule has 2 unspecified atom stereocenters. The van der Waals surface area contributed by atoms with E-state index in [-0.39, 0.29) is 22.9 Å². The molecule has 0 radical (unpaired) electrons. The fraction of sp³-hybridized carbons (Fsp3) is 0.545.